The van der Waals surface area contributed by atoms with Gasteiger partial charge in [0.15, 0.2) is 0 Å². The molecular formula is C7H11ClF3NO. The number of rotatable bonds is 1. The summed E-state index contributed by atoms with van der Waals surface area (Å²) < 4.78 is 40.9. The van der Waals surface area contributed by atoms with Crippen molar-refractivity contribution in [1.82, 2.24) is 4.90 Å². The molecule has 0 spiro atoms. The monoisotopic (exact) mass is 217 g/mol. The van der Waals surface area contributed by atoms with E-state index in [4.69, 9.17) is 16.3 Å². The molecule has 0 N–H and O–H groups in total. The number of nitrogens with zero attached hydrogens (tertiary/aromatic N) is 1. The number of ether oxygens (including phenoxy) is 1. The van der Waals surface area contributed by atoms with Crippen LogP contribution >= 0.6 is 11.6 Å². The molecule has 0 saturated carbocycles. The Morgan fingerprint density at radius 3 is 2.77 bits per heavy atom. The maximum absolute atomic E-state index is 12.0. The van der Waals surface area contributed by atoms with E-state index in [1.165, 1.54) is 4.90 Å². The molecule has 1 heterocycles. The molecule has 0 aromatic rings. The summed E-state index contributed by atoms with van der Waals surface area (Å²) in [6.07, 6.45) is -4.15. The highest BCUT2D eigenvalue weighted by Crippen LogP contribution is 2.18. The van der Waals surface area contributed by atoms with Gasteiger partial charge in [0.05, 0.1) is 25.1 Å². The summed E-state index contributed by atoms with van der Waals surface area (Å²) in [4.78, 5) is 1.27. The van der Waals surface area contributed by atoms with Gasteiger partial charge in [-0.3, -0.25) is 4.90 Å². The van der Waals surface area contributed by atoms with Crippen molar-refractivity contribution >= 4 is 11.6 Å². The van der Waals surface area contributed by atoms with E-state index in [1.807, 2.05) is 0 Å². The number of alkyl halides is 4. The zero-order valence-corrected chi connectivity index (χ0v) is 7.74. The van der Waals surface area contributed by atoms with Gasteiger partial charge in [0, 0.05) is 13.1 Å². The zero-order chi connectivity index (χ0) is 9.90. The molecule has 0 amide bonds. The van der Waals surface area contributed by atoms with E-state index in [-0.39, 0.29) is 11.9 Å². The summed E-state index contributed by atoms with van der Waals surface area (Å²) >= 11 is 5.71. The first kappa shape index (κ1) is 11.1. The molecule has 1 aliphatic rings. The van der Waals surface area contributed by atoms with Gasteiger partial charge in [-0.1, -0.05) is 0 Å². The molecule has 1 fully saturated rings. The molecule has 1 saturated heterocycles. The zero-order valence-electron chi connectivity index (χ0n) is 6.98. The smallest absolute Gasteiger partial charge is 0.379 e. The van der Waals surface area contributed by atoms with Crippen LogP contribution in [0.3, 0.4) is 0 Å². The van der Waals surface area contributed by atoms with E-state index < -0.39 is 12.7 Å². The van der Waals surface area contributed by atoms with Crippen LogP contribution in [0.25, 0.3) is 0 Å². The van der Waals surface area contributed by atoms with Crippen LogP contribution in [-0.2, 0) is 4.74 Å². The fourth-order valence-corrected chi connectivity index (χ4v) is 1.51. The predicted molar refractivity (Wildman–Crippen MR) is 43.0 cm³/mol. The molecule has 78 valence electrons. The summed E-state index contributed by atoms with van der Waals surface area (Å²) in [6.45, 7) is 0.276. The van der Waals surface area contributed by atoms with E-state index in [0.717, 1.165) is 0 Å². The van der Waals surface area contributed by atoms with Crippen LogP contribution in [0.15, 0.2) is 0 Å². The van der Waals surface area contributed by atoms with Crippen LogP contribution < -0.4 is 0 Å². The second kappa shape index (κ2) is 4.48. The number of hydrogen-bond donors (Lipinski definition) is 0. The fourth-order valence-electron chi connectivity index (χ4n) is 1.23. The molecule has 1 atom stereocenters. The van der Waals surface area contributed by atoms with Gasteiger partial charge in [-0.15, -0.1) is 11.6 Å². The molecule has 1 unspecified atom stereocenters. The van der Waals surface area contributed by atoms with E-state index in [1.54, 1.807) is 0 Å². The summed E-state index contributed by atoms with van der Waals surface area (Å²) in [5.74, 6) is 0. The SMILES string of the molecule is FC(F)(F)CN1CCOCC(Cl)C1. The lowest BCUT2D eigenvalue weighted by Gasteiger charge is -2.21. The van der Waals surface area contributed by atoms with Gasteiger partial charge >= 0.3 is 6.18 Å². The second-order valence-corrected chi connectivity index (χ2v) is 3.64. The molecule has 6 heteroatoms. The summed E-state index contributed by atoms with van der Waals surface area (Å²) in [5, 5.41) is -0.343. The molecule has 1 rings (SSSR count). The van der Waals surface area contributed by atoms with Crippen LogP contribution in [-0.4, -0.2) is 49.3 Å². The van der Waals surface area contributed by atoms with Crippen molar-refractivity contribution in [3.05, 3.63) is 0 Å². The van der Waals surface area contributed by atoms with Crippen molar-refractivity contribution in [1.29, 1.82) is 0 Å². The highest BCUT2D eigenvalue weighted by atomic mass is 35.5. The van der Waals surface area contributed by atoms with Gasteiger partial charge in [0.25, 0.3) is 0 Å². The quantitative estimate of drug-likeness (QED) is 0.617. The third-order valence-electron chi connectivity index (χ3n) is 1.71. The lowest BCUT2D eigenvalue weighted by atomic mass is 10.4. The van der Waals surface area contributed by atoms with Gasteiger partial charge in [0.2, 0.25) is 0 Å². The van der Waals surface area contributed by atoms with Gasteiger partial charge < -0.3 is 4.74 Å². The summed E-state index contributed by atoms with van der Waals surface area (Å²) in [5.41, 5.74) is 0. The van der Waals surface area contributed by atoms with E-state index in [9.17, 15) is 13.2 Å². The van der Waals surface area contributed by atoms with Crippen LogP contribution in [0.4, 0.5) is 13.2 Å². The van der Waals surface area contributed by atoms with Gasteiger partial charge in [0.1, 0.15) is 0 Å². The molecule has 0 bridgehead atoms. The van der Waals surface area contributed by atoms with E-state index in [2.05, 4.69) is 0 Å². The first-order valence-electron chi connectivity index (χ1n) is 3.98. The average molecular weight is 218 g/mol. The summed E-state index contributed by atoms with van der Waals surface area (Å²) in [7, 11) is 0. The Labute approximate surface area is 79.6 Å². The summed E-state index contributed by atoms with van der Waals surface area (Å²) in [6, 6.07) is 0. The molecule has 0 aliphatic carbocycles. The van der Waals surface area contributed by atoms with Crippen LogP contribution in [0.5, 0.6) is 0 Å². The lowest BCUT2D eigenvalue weighted by Crippen LogP contribution is -2.38. The fraction of sp³-hybridized carbons (Fsp3) is 1.00. The molecule has 0 aromatic carbocycles. The topological polar surface area (TPSA) is 12.5 Å². The molecular weight excluding hydrogens is 207 g/mol. The molecule has 0 aromatic heterocycles. The largest absolute Gasteiger partial charge is 0.401 e. The van der Waals surface area contributed by atoms with Crippen molar-refractivity contribution < 1.29 is 17.9 Å². The van der Waals surface area contributed by atoms with Crippen molar-refractivity contribution in [2.75, 3.05) is 32.8 Å². The highest BCUT2D eigenvalue weighted by Gasteiger charge is 2.32. The van der Waals surface area contributed by atoms with Crippen molar-refractivity contribution in [3.8, 4) is 0 Å². The molecule has 0 radical (unpaired) electrons. The van der Waals surface area contributed by atoms with Gasteiger partial charge in [-0.2, -0.15) is 13.2 Å². The predicted octanol–water partition coefficient (Wildman–Crippen LogP) is 1.49. The van der Waals surface area contributed by atoms with Gasteiger partial charge in [-0.05, 0) is 0 Å². The number of hydrogen-bond acceptors (Lipinski definition) is 2. The van der Waals surface area contributed by atoms with Crippen molar-refractivity contribution in [2.24, 2.45) is 0 Å². The minimum atomic E-state index is -4.15. The Bertz CT molecular complexity index is 164. The third kappa shape index (κ3) is 4.69. The second-order valence-electron chi connectivity index (χ2n) is 3.02. The Hall–Kier alpha value is 0. The van der Waals surface area contributed by atoms with Crippen LogP contribution in [0, 0.1) is 0 Å². The number of halogens is 4. The van der Waals surface area contributed by atoms with E-state index >= 15 is 0 Å². The van der Waals surface area contributed by atoms with Crippen LogP contribution in [0.2, 0.25) is 0 Å². The van der Waals surface area contributed by atoms with Gasteiger partial charge in [-0.25, -0.2) is 0 Å². The maximum atomic E-state index is 12.0. The maximum Gasteiger partial charge on any atom is 0.401 e. The van der Waals surface area contributed by atoms with E-state index in [0.29, 0.717) is 19.8 Å². The Morgan fingerprint density at radius 1 is 1.46 bits per heavy atom. The Balaban J connectivity index is 2.39. The standard InChI is InChI=1S/C7H11ClF3NO/c8-6-3-12(1-2-13-4-6)5-7(9,10)11/h6H,1-5H2. The third-order valence-corrected chi connectivity index (χ3v) is 1.97. The normalized spacial score (nSPS) is 27.2. The molecule has 1 aliphatic heterocycles. The highest BCUT2D eigenvalue weighted by molar-refractivity contribution is 6.20. The first-order valence-corrected chi connectivity index (χ1v) is 4.42. The first-order chi connectivity index (χ1) is 5.97. The average Bonchev–Trinajstić information content (AvgIpc) is 2.10. The Morgan fingerprint density at radius 2 is 2.15 bits per heavy atom. The van der Waals surface area contributed by atoms with Crippen LogP contribution in [0.1, 0.15) is 0 Å². The minimum absolute atomic E-state index is 0.237. The van der Waals surface area contributed by atoms with Crippen molar-refractivity contribution in [3.63, 3.8) is 0 Å². The van der Waals surface area contributed by atoms with Crippen molar-refractivity contribution in [2.45, 2.75) is 11.6 Å². The Kier molecular flexibility index (Phi) is 3.82. The molecule has 2 nitrogen and oxygen atoms in total. The lowest BCUT2D eigenvalue weighted by molar-refractivity contribution is -0.145. The molecule has 13 heavy (non-hydrogen) atoms. The minimum Gasteiger partial charge on any atom is -0.379 e.